The van der Waals surface area contributed by atoms with Crippen molar-refractivity contribution in [2.75, 3.05) is 6.16 Å². The minimum absolute atomic E-state index is 0. The molecular formula is C27H32IOP. The summed E-state index contributed by atoms with van der Waals surface area (Å²) in [5.74, 6) is 0. The topological polar surface area (TPSA) is 20.2 Å². The van der Waals surface area contributed by atoms with E-state index in [2.05, 4.69) is 107 Å². The van der Waals surface area contributed by atoms with Crippen LogP contribution in [-0.4, -0.2) is 23.0 Å². The van der Waals surface area contributed by atoms with Gasteiger partial charge in [0, 0.05) is 11.1 Å². The number of aliphatic hydroxyl groups excluding tert-OH is 1. The van der Waals surface area contributed by atoms with E-state index in [1.54, 1.807) is 0 Å². The number of fused-ring (bicyclic) bond motifs is 3. The standard InChI is InChI=1S/C27H32OP.HI/c1-5-29(20(2)26(28)27(3,4)19-21-13-7-6-8-14-21)24-17-11-9-15-22(24)23-16-10-12-18-25(23)29;/h6-18,20,26,28H,5,19H2,1-4H3;1H/q+1;/p-1/t20-,26-;/m1./s1. The van der Waals surface area contributed by atoms with Crippen LogP contribution in [0.3, 0.4) is 0 Å². The molecule has 0 saturated carbocycles. The van der Waals surface area contributed by atoms with Crippen LogP contribution in [-0.2, 0) is 6.42 Å². The molecule has 3 aromatic rings. The maximum atomic E-state index is 11.7. The zero-order valence-electron chi connectivity index (χ0n) is 18.3. The summed E-state index contributed by atoms with van der Waals surface area (Å²) in [7, 11) is -1.71. The van der Waals surface area contributed by atoms with Gasteiger partial charge in [0.15, 0.2) is 0 Å². The van der Waals surface area contributed by atoms with Gasteiger partial charge in [0.2, 0.25) is 0 Å². The zero-order chi connectivity index (χ0) is 20.6. The van der Waals surface area contributed by atoms with Crippen LogP contribution in [0.25, 0.3) is 11.1 Å². The number of hydrogen-bond donors (Lipinski definition) is 1. The number of benzene rings is 3. The maximum absolute atomic E-state index is 11.7. The third-order valence-electron chi connectivity index (χ3n) is 6.91. The molecule has 1 N–H and O–H groups in total. The Morgan fingerprint density at radius 1 is 0.800 bits per heavy atom. The van der Waals surface area contributed by atoms with Gasteiger partial charge >= 0.3 is 0 Å². The molecule has 0 amide bonds. The van der Waals surface area contributed by atoms with Crippen molar-refractivity contribution in [3.63, 3.8) is 0 Å². The molecule has 3 heteroatoms. The van der Waals surface area contributed by atoms with Gasteiger partial charge < -0.3 is 29.1 Å². The van der Waals surface area contributed by atoms with Crippen LogP contribution in [0.1, 0.15) is 33.3 Å². The Morgan fingerprint density at radius 3 is 1.77 bits per heavy atom. The summed E-state index contributed by atoms with van der Waals surface area (Å²) in [5, 5.41) is 14.7. The van der Waals surface area contributed by atoms with Gasteiger partial charge in [-0.3, -0.25) is 0 Å². The molecule has 0 aromatic heterocycles. The second-order valence-electron chi connectivity index (χ2n) is 9.06. The zero-order valence-corrected chi connectivity index (χ0v) is 21.4. The van der Waals surface area contributed by atoms with Crippen LogP contribution >= 0.6 is 7.26 Å². The van der Waals surface area contributed by atoms with Crippen LogP contribution in [0.4, 0.5) is 0 Å². The summed E-state index contributed by atoms with van der Waals surface area (Å²) in [4.78, 5) is 0. The van der Waals surface area contributed by atoms with E-state index in [9.17, 15) is 5.11 Å². The molecular weight excluding hydrogens is 498 g/mol. The third-order valence-corrected chi connectivity index (χ3v) is 12.1. The molecule has 4 rings (SSSR count). The van der Waals surface area contributed by atoms with Crippen molar-refractivity contribution >= 4 is 17.9 Å². The van der Waals surface area contributed by atoms with Crippen molar-refractivity contribution in [3.8, 4) is 11.1 Å². The SMILES string of the molecule is CC[P+]1([C@H](C)[C@@H](O)C(C)(C)Cc2ccccc2)c2ccccc2-c2ccccc21.[I-]. The number of halogens is 1. The van der Waals surface area contributed by atoms with E-state index in [1.807, 2.05) is 0 Å². The normalized spacial score (nSPS) is 16.2. The predicted molar refractivity (Wildman–Crippen MR) is 128 cm³/mol. The highest BCUT2D eigenvalue weighted by atomic mass is 127. The summed E-state index contributed by atoms with van der Waals surface area (Å²) in [6.45, 7) is 9.07. The van der Waals surface area contributed by atoms with Crippen LogP contribution in [0.5, 0.6) is 0 Å². The molecule has 3 aromatic carbocycles. The molecule has 158 valence electrons. The van der Waals surface area contributed by atoms with Gasteiger partial charge in [-0.15, -0.1) is 0 Å². The van der Waals surface area contributed by atoms with Crippen molar-refractivity contribution in [2.45, 2.75) is 45.9 Å². The fraction of sp³-hybridized carbons (Fsp3) is 0.333. The van der Waals surface area contributed by atoms with E-state index in [1.165, 1.54) is 27.3 Å². The molecule has 1 nitrogen and oxygen atoms in total. The third kappa shape index (κ3) is 3.76. The molecule has 0 saturated heterocycles. The van der Waals surface area contributed by atoms with Crippen LogP contribution < -0.4 is 34.6 Å². The fourth-order valence-corrected chi connectivity index (χ4v) is 10.7. The minimum atomic E-state index is -1.71. The molecule has 1 aliphatic rings. The smallest absolute Gasteiger partial charge is 0.107 e. The van der Waals surface area contributed by atoms with Gasteiger partial charge in [0.25, 0.3) is 0 Å². The largest absolute Gasteiger partial charge is 1.00 e. The molecule has 2 atom stereocenters. The summed E-state index contributed by atoms with van der Waals surface area (Å²) in [5.41, 5.74) is 4.04. The molecule has 0 spiro atoms. The number of hydrogen-bond acceptors (Lipinski definition) is 1. The lowest BCUT2D eigenvalue weighted by Crippen LogP contribution is -3.00. The van der Waals surface area contributed by atoms with Gasteiger partial charge in [0.05, 0.1) is 19.5 Å². The van der Waals surface area contributed by atoms with Crippen molar-refractivity contribution < 1.29 is 29.1 Å². The van der Waals surface area contributed by atoms with E-state index >= 15 is 0 Å². The van der Waals surface area contributed by atoms with Crippen molar-refractivity contribution in [3.05, 3.63) is 84.4 Å². The molecule has 1 aliphatic heterocycles. The Morgan fingerprint density at radius 2 is 1.27 bits per heavy atom. The molecule has 1 heterocycles. The van der Waals surface area contributed by atoms with Crippen molar-refractivity contribution in [1.29, 1.82) is 0 Å². The summed E-state index contributed by atoms with van der Waals surface area (Å²) in [6, 6.07) is 28.4. The van der Waals surface area contributed by atoms with Crippen molar-refractivity contribution in [1.82, 2.24) is 0 Å². The van der Waals surface area contributed by atoms with Gasteiger partial charge in [0.1, 0.15) is 16.3 Å². The first-order valence-electron chi connectivity index (χ1n) is 10.7. The van der Waals surface area contributed by atoms with Gasteiger partial charge in [-0.05, 0) is 43.4 Å². The lowest BCUT2D eigenvalue weighted by atomic mass is 9.79. The molecule has 0 aliphatic carbocycles. The van der Waals surface area contributed by atoms with E-state index in [-0.39, 0.29) is 41.2 Å². The lowest BCUT2D eigenvalue weighted by molar-refractivity contribution is -0.00000735. The Balaban J connectivity index is 0.00000256. The van der Waals surface area contributed by atoms with E-state index < -0.39 is 7.26 Å². The Labute approximate surface area is 199 Å². The summed E-state index contributed by atoms with van der Waals surface area (Å²) < 4.78 is 0. The highest BCUT2D eigenvalue weighted by Gasteiger charge is 2.57. The van der Waals surface area contributed by atoms with Gasteiger partial charge in [-0.1, -0.05) is 80.6 Å². The van der Waals surface area contributed by atoms with E-state index in [0.29, 0.717) is 0 Å². The van der Waals surface area contributed by atoms with E-state index in [4.69, 9.17) is 0 Å². The van der Waals surface area contributed by atoms with Crippen LogP contribution in [0, 0.1) is 5.41 Å². The maximum Gasteiger partial charge on any atom is 0.107 e. The Hall–Kier alpha value is -1.22. The van der Waals surface area contributed by atoms with Crippen LogP contribution in [0.2, 0.25) is 0 Å². The average molecular weight is 530 g/mol. The molecule has 30 heavy (non-hydrogen) atoms. The molecule has 0 unspecified atom stereocenters. The molecule has 0 bridgehead atoms. The summed E-state index contributed by atoms with van der Waals surface area (Å²) in [6.07, 6.45) is 1.59. The van der Waals surface area contributed by atoms with Crippen LogP contribution in [0.15, 0.2) is 78.9 Å². The van der Waals surface area contributed by atoms with Gasteiger partial charge in [-0.25, -0.2) is 0 Å². The predicted octanol–water partition coefficient (Wildman–Crippen LogP) is 2.68. The summed E-state index contributed by atoms with van der Waals surface area (Å²) >= 11 is 0. The fourth-order valence-electron chi connectivity index (χ4n) is 5.42. The highest BCUT2D eigenvalue weighted by molar-refractivity contribution is 7.91. The second-order valence-corrected chi connectivity index (χ2v) is 13.2. The highest BCUT2D eigenvalue weighted by Crippen LogP contribution is 2.67. The van der Waals surface area contributed by atoms with E-state index in [0.717, 1.165) is 12.6 Å². The number of aliphatic hydroxyl groups is 1. The first kappa shape index (κ1) is 23.4. The molecule has 0 radical (unpaired) electrons. The first-order valence-corrected chi connectivity index (χ1v) is 12.8. The van der Waals surface area contributed by atoms with Gasteiger partial charge in [-0.2, -0.15) is 0 Å². The second kappa shape index (κ2) is 9.10. The van der Waals surface area contributed by atoms with Crippen molar-refractivity contribution in [2.24, 2.45) is 5.41 Å². The number of rotatable bonds is 6. The Kier molecular flexibility index (Phi) is 7.11. The monoisotopic (exact) mass is 530 g/mol. The molecule has 0 fully saturated rings. The first-order chi connectivity index (χ1) is 13.9. The average Bonchev–Trinajstić information content (AvgIpc) is 3.04. The lowest BCUT2D eigenvalue weighted by Gasteiger charge is -2.39. The Bertz CT molecular complexity index is 953. The quantitative estimate of drug-likeness (QED) is 0.384. The minimum Gasteiger partial charge on any atom is -1.00 e.